The lowest BCUT2D eigenvalue weighted by molar-refractivity contribution is -0.519. The first-order valence-corrected chi connectivity index (χ1v) is 3.74. The molecule has 0 amide bonds. The second-order valence-corrected chi connectivity index (χ2v) is 3.93. The number of nitro groups is 2. The molecule has 0 rings (SSSR count). The van der Waals surface area contributed by atoms with Crippen LogP contribution < -0.4 is 0 Å². The molecule has 12 heavy (non-hydrogen) atoms. The lowest BCUT2D eigenvalue weighted by atomic mass is 10.3. The van der Waals surface area contributed by atoms with Crippen LogP contribution in [0.25, 0.3) is 0 Å². The maximum absolute atomic E-state index is 10.3. The van der Waals surface area contributed by atoms with E-state index in [1.165, 1.54) is 13.8 Å². The summed E-state index contributed by atoms with van der Waals surface area (Å²) in [5.74, 6) is 0. The highest BCUT2D eigenvalue weighted by Crippen LogP contribution is 2.21. The number of hydrogen-bond donors (Lipinski definition) is 0. The largest absolute Gasteiger partial charge is 0.296 e. The van der Waals surface area contributed by atoms with Crippen molar-refractivity contribution < 1.29 is 9.85 Å². The number of alkyl halides is 1. The normalized spacial score (nSPS) is 16.8. The molecule has 1 atom stereocenters. The molecule has 0 saturated heterocycles. The Morgan fingerprint density at radius 3 is 2.17 bits per heavy atom. The van der Waals surface area contributed by atoms with Crippen LogP contribution in [-0.4, -0.2) is 14.3 Å². The highest BCUT2D eigenvalue weighted by Gasteiger charge is 2.32. The summed E-state index contributed by atoms with van der Waals surface area (Å²) >= 11 is 2.74. The van der Waals surface area contributed by atoms with Gasteiger partial charge in [-0.3, -0.25) is 20.2 Å². The van der Waals surface area contributed by atoms with Crippen molar-refractivity contribution >= 4 is 15.9 Å². The fraction of sp³-hybridized carbons (Fsp3) is 0.600. The highest BCUT2D eigenvalue weighted by atomic mass is 79.9. The second kappa shape index (κ2) is 3.61. The Morgan fingerprint density at radius 1 is 1.50 bits per heavy atom. The molecule has 0 N–H and O–H groups in total. The van der Waals surface area contributed by atoms with E-state index in [9.17, 15) is 20.2 Å². The van der Waals surface area contributed by atoms with Crippen molar-refractivity contribution in [2.24, 2.45) is 0 Å². The summed E-state index contributed by atoms with van der Waals surface area (Å²) in [4.78, 5) is 19.0. The molecular weight excluding hydrogens is 232 g/mol. The van der Waals surface area contributed by atoms with Crippen LogP contribution in [0.15, 0.2) is 11.8 Å². The summed E-state index contributed by atoms with van der Waals surface area (Å²) in [6.45, 7) is 2.42. The van der Waals surface area contributed by atoms with Gasteiger partial charge >= 0.3 is 0 Å². The molecule has 0 aliphatic rings. The smallest absolute Gasteiger partial charge is 0.263 e. The van der Waals surface area contributed by atoms with Crippen LogP contribution in [0.2, 0.25) is 0 Å². The van der Waals surface area contributed by atoms with Crippen LogP contribution in [-0.2, 0) is 0 Å². The fourth-order valence-corrected chi connectivity index (χ4v) is 0.818. The van der Waals surface area contributed by atoms with Gasteiger partial charge in [-0.25, -0.2) is 0 Å². The van der Waals surface area contributed by atoms with E-state index in [4.69, 9.17) is 0 Å². The molecule has 0 aromatic rings. The Hall–Kier alpha value is -0.980. The van der Waals surface area contributed by atoms with Crippen LogP contribution in [0.4, 0.5) is 0 Å². The molecule has 7 heteroatoms. The molecule has 0 radical (unpaired) electrons. The van der Waals surface area contributed by atoms with Crippen LogP contribution in [0, 0.1) is 20.2 Å². The predicted octanol–water partition coefficient (Wildman–Crippen LogP) is 1.55. The van der Waals surface area contributed by atoms with Crippen molar-refractivity contribution in [2.45, 2.75) is 18.3 Å². The Bertz CT molecular complexity index is 248. The molecule has 0 saturated carbocycles. The third-order valence-corrected chi connectivity index (χ3v) is 1.64. The number of allylic oxidation sites excluding steroid dienone is 1. The Kier molecular flexibility index (Phi) is 3.32. The number of rotatable bonds is 3. The summed E-state index contributed by atoms with van der Waals surface area (Å²) in [5.41, 5.74) is -0.258. The van der Waals surface area contributed by atoms with E-state index in [0.29, 0.717) is 0 Å². The summed E-state index contributed by atoms with van der Waals surface area (Å²) < 4.78 is -1.57. The van der Waals surface area contributed by atoms with Gasteiger partial charge in [0.15, 0.2) is 0 Å². The maximum Gasteiger partial charge on any atom is 0.296 e. The number of halogens is 1. The van der Waals surface area contributed by atoms with Gasteiger partial charge < -0.3 is 0 Å². The van der Waals surface area contributed by atoms with Crippen molar-refractivity contribution in [3.05, 3.63) is 32.0 Å². The second-order valence-electron chi connectivity index (χ2n) is 2.32. The molecule has 0 bridgehead atoms. The van der Waals surface area contributed by atoms with Gasteiger partial charge in [-0.1, -0.05) is 0 Å². The van der Waals surface area contributed by atoms with E-state index in [-0.39, 0.29) is 5.70 Å². The van der Waals surface area contributed by atoms with E-state index in [2.05, 4.69) is 15.9 Å². The van der Waals surface area contributed by atoms with Crippen molar-refractivity contribution in [3.8, 4) is 0 Å². The molecule has 0 heterocycles. The van der Waals surface area contributed by atoms with Gasteiger partial charge in [0.2, 0.25) is 5.70 Å². The molecule has 0 aromatic carbocycles. The molecule has 0 aliphatic heterocycles. The zero-order chi connectivity index (χ0) is 9.94. The SMILES string of the molecule is C/C(=C/[C@](C)(Br)[N+](=O)[O-])[N+](=O)[O-]. The molecule has 6 nitrogen and oxygen atoms in total. The summed E-state index contributed by atoms with van der Waals surface area (Å²) in [6.07, 6.45) is 0.938. The molecule has 0 spiro atoms. The Labute approximate surface area is 76.7 Å². The quantitative estimate of drug-likeness (QED) is 0.323. The first kappa shape index (κ1) is 11.0. The van der Waals surface area contributed by atoms with Crippen LogP contribution in [0.5, 0.6) is 0 Å². The van der Waals surface area contributed by atoms with E-state index < -0.39 is 14.3 Å². The summed E-state index contributed by atoms with van der Waals surface area (Å²) in [5, 5.41) is 20.4. The van der Waals surface area contributed by atoms with E-state index in [0.717, 1.165) is 6.08 Å². The van der Waals surface area contributed by atoms with Crippen molar-refractivity contribution in [2.75, 3.05) is 0 Å². The van der Waals surface area contributed by atoms with Gasteiger partial charge in [-0.15, -0.1) is 0 Å². The zero-order valence-corrected chi connectivity index (χ0v) is 8.07. The lowest BCUT2D eigenvalue weighted by Gasteiger charge is -2.06. The van der Waals surface area contributed by atoms with Crippen molar-refractivity contribution in [1.82, 2.24) is 0 Å². The first-order valence-electron chi connectivity index (χ1n) is 2.94. The van der Waals surface area contributed by atoms with Crippen molar-refractivity contribution in [3.63, 3.8) is 0 Å². The average Bonchev–Trinajstić information content (AvgIpc) is 1.85. The van der Waals surface area contributed by atoms with Crippen LogP contribution in [0.1, 0.15) is 13.8 Å². The Morgan fingerprint density at radius 2 is 1.92 bits per heavy atom. The van der Waals surface area contributed by atoms with Crippen molar-refractivity contribution in [1.29, 1.82) is 0 Å². The maximum atomic E-state index is 10.3. The number of hydrogen-bond acceptors (Lipinski definition) is 4. The topological polar surface area (TPSA) is 86.3 Å². The van der Waals surface area contributed by atoms with E-state index in [1.54, 1.807) is 0 Å². The molecule has 0 aliphatic carbocycles. The number of nitrogens with zero attached hydrogens (tertiary/aromatic N) is 2. The minimum Gasteiger partial charge on any atom is -0.263 e. The van der Waals surface area contributed by atoms with E-state index >= 15 is 0 Å². The molecule has 0 unspecified atom stereocenters. The summed E-state index contributed by atoms with van der Waals surface area (Å²) in [6, 6.07) is 0. The third-order valence-electron chi connectivity index (χ3n) is 1.12. The zero-order valence-electron chi connectivity index (χ0n) is 6.48. The van der Waals surface area contributed by atoms with Gasteiger partial charge in [0.25, 0.3) is 4.45 Å². The highest BCUT2D eigenvalue weighted by molar-refractivity contribution is 9.10. The third kappa shape index (κ3) is 2.95. The van der Waals surface area contributed by atoms with Crippen LogP contribution in [0.3, 0.4) is 0 Å². The van der Waals surface area contributed by atoms with Gasteiger partial charge in [-0.05, 0) is 0 Å². The Balaban J connectivity index is 4.73. The lowest BCUT2D eigenvalue weighted by Crippen LogP contribution is -2.25. The fourth-order valence-electron chi connectivity index (χ4n) is 0.487. The van der Waals surface area contributed by atoms with Gasteiger partial charge in [-0.2, -0.15) is 0 Å². The standard InChI is InChI=1S/C5H7BrN2O4/c1-4(7(9)10)3-5(2,6)8(11)12/h3H,1-2H3/b4-3-/t5-/m1/s1. The average molecular weight is 239 g/mol. The first-order chi connectivity index (χ1) is 5.27. The predicted molar refractivity (Wildman–Crippen MR) is 45.1 cm³/mol. The molecule has 68 valence electrons. The minimum absolute atomic E-state index is 0.258. The molecule has 0 fully saturated rings. The molecule has 0 aromatic heterocycles. The molecular formula is C5H7BrN2O4. The monoisotopic (exact) mass is 238 g/mol. The van der Waals surface area contributed by atoms with Crippen LogP contribution >= 0.6 is 15.9 Å². The van der Waals surface area contributed by atoms with Gasteiger partial charge in [0.05, 0.1) is 11.0 Å². The van der Waals surface area contributed by atoms with E-state index in [1.807, 2.05) is 0 Å². The van der Waals surface area contributed by atoms with Gasteiger partial charge in [0.1, 0.15) is 0 Å². The minimum atomic E-state index is -1.57. The summed E-state index contributed by atoms with van der Waals surface area (Å²) in [7, 11) is 0. The van der Waals surface area contributed by atoms with Gasteiger partial charge in [0, 0.05) is 34.7 Å².